The van der Waals surface area contributed by atoms with Gasteiger partial charge in [0.25, 0.3) is 5.91 Å². The number of aromatic nitrogens is 1. The summed E-state index contributed by atoms with van der Waals surface area (Å²) in [4.78, 5) is 17.5. The van der Waals surface area contributed by atoms with Gasteiger partial charge in [-0.3, -0.25) is 10.1 Å². The van der Waals surface area contributed by atoms with Crippen LogP contribution in [-0.4, -0.2) is 10.9 Å². The van der Waals surface area contributed by atoms with Crippen LogP contribution in [0.15, 0.2) is 54.2 Å². The molecule has 0 atom stereocenters. The molecule has 2 aromatic carbocycles. The first kappa shape index (κ1) is 20.4. The Balaban J connectivity index is 1.71. The van der Waals surface area contributed by atoms with E-state index >= 15 is 0 Å². The van der Waals surface area contributed by atoms with Crippen molar-refractivity contribution in [2.45, 2.75) is 6.42 Å². The van der Waals surface area contributed by atoms with Crippen LogP contribution in [0.25, 0.3) is 6.08 Å². The van der Waals surface area contributed by atoms with Crippen molar-refractivity contribution in [2.75, 3.05) is 5.32 Å². The van der Waals surface area contributed by atoms with Gasteiger partial charge in [0, 0.05) is 32.6 Å². The molecular formula is C20H12Cl3N3OS. The zero-order valence-electron chi connectivity index (χ0n) is 14.2. The maximum Gasteiger partial charge on any atom is 0.268 e. The van der Waals surface area contributed by atoms with Gasteiger partial charge < -0.3 is 0 Å². The average molecular weight is 449 g/mol. The number of hydrogen-bond donors (Lipinski definition) is 1. The molecule has 0 saturated carbocycles. The van der Waals surface area contributed by atoms with Crippen LogP contribution in [0.3, 0.4) is 0 Å². The molecule has 3 rings (SSSR count). The maximum atomic E-state index is 12.4. The van der Waals surface area contributed by atoms with E-state index in [1.807, 2.05) is 6.07 Å². The molecule has 3 aromatic rings. The molecule has 0 unspecified atom stereocenters. The van der Waals surface area contributed by atoms with Gasteiger partial charge in [-0.15, -0.1) is 11.3 Å². The molecule has 0 bridgehead atoms. The molecule has 0 aliphatic heterocycles. The van der Waals surface area contributed by atoms with Crippen molar-refractivity contribution in [3.63, 3.8) is 0 Å². The fourth-order valence-corrected chi connectivity index (χ4v) is 3.69. The third-order valence-electron chi connectivity index (χ3n) is 3.69. The summed E-state index contributed by atoms with van der Waals surface area (Å²) in [5.74, 6) is -0.529. The molecular weight excluding hydrogens is 437 g/mol. The Morgan fingerprint density at radius 3 is 2.57 bits per heavy atom. The van der Waals surface area contributed by atoms with Gasteiger partial charge in [-0.2, -0.15) is 5.26 Å². The van der Waals surface area contributed by atoms with Gasteiger partial charge in [-0.05, 0) is 47.5 Å². The Labute approximate surface area is 181 Å². The highest BCUT2D eigenvalue weighted by Crippen LogP contribution is 2.27. The Hall–Kier alpha value is -2.36. The van der Waals surface area contributed by atoms with Crippen molar-refractivity contribution >= 4 is 63.3 Å². The number of rotatable bonds is 5. The number of nitrogens with zero attached hydrogens (tertiary/aromatic N) is 2. The molecule has 0 saturated heterocycles. The highest BCUT2D eigenvalue weighted by atomic mass is 35.5. The van der Waals surface area contributed by atoms with Crippen LogP contribution < -0.4 is 5.32 Å². The number of nitriles is 1. The SMILES string of the molecule is N#CC(=Cc1ccc(Cl)cc1)C(=O)Nc1ncc(Cc2cc(Cl)ccc2Cl)s1. The van der Waals surface area contributed by atoms with Gasteiger partial charge in [0.05, 0.1) is 0 Å². The Kier molecular flexibility index (Phi) is 6.71. The van der Waals surface area contributed by atoms with Crippen molar-refractivity contribution in [3.8, 4) is 6.07 Å². The van der Waals surface area contributed by atoms with E-state index in [9.17, 15) is 10.1 Å². The van der Waals surface area contributed by atoms with Crippen molar-refractivity contribution < 1.29 is 4.79 Å². The van der Waals surface area contributed by atoms with Gasteiger partial charge >= 0.3 is 0 Å². The second kappa shape index (κ2) is 9.22. The predicted octanol–water partition coefficient (Wildman–Crippen LogP) is 6.24. The summed E-state index contributed by atoms with van der Waals surface area (Å²) in [6.07, 6.45) is 3.69. The molecule has 0 radical (unpaired) electrons. The fourth-order valence-electron chi connectivity index (χ4n) is 2.35. The topological polar surface area (TPSA) is 65.8 Å². The smallest absolute Gasteiger partial charge is 0.268 e. The molecule has 0 fully saturated rings. The number of thiazole rings is 1. The number of halogens is 3. The van der Waals surface area contributed by atoms with Crippen molar-refractivity contribution in [3.05, 3.63) is 85.3 Å². The number of amides is 1. The number of hydrogen-bond acceptors (Lipinski definition) is 4. The van der Waals surface area contributed by atoms with Crippen LogP contribution in [-0.2, 0) is 11.2 Å². The van der Waals surface area contributed by atoms with Gasteiger partial charge in [-0.1, -0.05) is 46.9 Å². The van der Waals surface area contributed by atoms with Crippen LogP contribution in [0.4, 0.5) is 5.13 Å². The maximum absolute atomic E-state index is 12.4. The molecule has 0 aliphatic rings. The lowest BCUT2D eigenvalue weighted by atomic mass is 10.1. The van der Waals surface area contributed by atoms with Crippen LogP contribution >= 0.6 is 46.1 Å². The summed E-state index contributed by atoms with van der Waals surface area (Å²) in [6, 6.07) is 14.0. The zero-order chi connectivity index (χ0) is 20.1. The lowest BCUT2D eigenvalue weighted by molar-refractivity contribution is -0.112. The van der Waals surface area contributed by atoms with Crippen LogP contribution in [0.2, 0.25) is 15.1 Å². The van der Waals surface area contributed by atoms with E-state index in [1.54, 1.807) is 48.7 Å². The van der Waals surface area contributed by atoms with E-state index in [0.717, 1.165) is 10.4 Å². The van der Waals surface area contributed by atoms with E-state index in [4.69, 9.17) is 34.8 Å². The first-order chi connectivity index (χ1) is 13.4. The summed E-state index contributed by atoms with van der Waals surface area (Å²) in [5, 5.41) is 14.1. The molecule has 28 heavy (non-hydrogen) atoms. The molecule has 1 N–H and O–H groups in total. The third kappa shape index (κ3) is 5.34. The van der Waals surface area contributed by atoms with Crippen molar-refractivity contribution in [1.82, 2.24) is 4.98 Å². The molecule has 1 amide bonds. The van der Waals surface area contributed by atoms with Crippen LogP contribution in [0.5, 0.6) is 0 Å². The fraction of sp³-hybridized carbons (Fsp3) is 0.0500. The second-order valence-corrected chi connectivity index (χ2v) is 8.11. The number of nitrogens with one attached hydrogen (secondary N) is 1. The summed E-state index contributed by atoms with van der Waals surface area (Å²) in [6.45, 7) is 0. The minimum atomic E-state index is -0.529. The predicted molar refractivity (Wildman–Crippen MR) is 115 cm³/mol. The molecule has 140 valence electrons. The minimum Gasteiger partial charge on any atom is -0.297 e. The largest absolute Gasteiger partial charge is 0.297 e. The van der Waals surface area contributed by atoms with Gasteiger partial charge in [0.15, 0.2) is 5.13 Å². The monoisotopic (exact) mass is 447 g/mol. The lowest BCUT2D eigenvalue weighted by Gasteiger charge is -2.03. The first-order valence-electron chi connectivity index (χ1n) is 8.02. The normalized spacial score (nSPS) is 11.1. The minimum absolute atomic E-state index is 0.0306. The number of anilines is 1. The zero-order valence-corrected chi connectivity index (χ0v) is 17.3. The third-order valence-corrected chi connectivity index (χ3v) is 5.46. The number of benzene rings is 2. The molecule has 4 nitrogen and oxygen atoms in total. The van der Waals surface area contributed by atoms with Gasteiger partial charge in [-0.25, -0.2) is 4.98 Å². The molecule has 0 spiro atoms. The van der Waals surface area contributed by atoms with E-state index in [1.165, 1.54) is 17.4 Å². The Morgan fingerprint density at radius 1 is 1.14 bits per heavy atom. The first-order valence-corrected chi connectivity index (χ1v) is 9.97. The van der Waals surface area contributed by atoms with Crippen LogP contribution in [0, 0.1) is 11.3 Å². The quantitative estimate of drug-likeness (QED) is 0.371. The van der Waals surface area contributed by atoms with Crippen molar-refractivity contribution in [1.29, 1.82) is 5.26 Å². The standard InChI is InChI=1S/C20H12Cl3N3OS/c21-15-3-1-12(2-4-15)7-14(10-24)19(27)26-20-25-11-17(28-20)9-13-8-16(22)5-6-18(13)23/h1-8,11H,9H2,(H,25,26,27). The second-order valence-electron chi connectivity index (χ2n) is 5.72. The summed E-state index contributed by atoms with van der Waals surface area (Å²) >= 11 is 19.4. The summed E-state index contributed by atoms with van der Waals surface area (Å²) < 4.78 is 0. The highest BCUT2D eigenvalue weighted by Gasteiger charge is 2.13. The van der Waals surface area contributed by atoms with E-state index < -0.39 is 5.91 Å². The Bertz CT molecular complexity index is 1080. The lowest BCUT2D eigenvalue weighted by Crippen LogP contribution is -2.13. The Morgan fingerprint density at radius 2 is 1.86 bits per heavy atom. The average Bonchev–Trinajstić information content (AvgIpc) is 3.11. The van der Waals surface area contributed by atoms with Crippen LogP contribution in [0.1, 0.15) is 16.0 Å². The number of carbonyl (C=O) groups is 1. The van der Waals surface area contributed by atoms with Gasteiger partial charge in [0.2, 0.25) is 0 Å². The van der Waals surface area contributed by atoms with Crippen molar-refractivity contribution in [2.24, 2.45) is 0 Å². The van der Waals surface area contributed by atoms with E-state index in [0.29, 0.717) is 32.2 Å². The molecule has 8 heteroatoms. The summed E-state index contributed by atoms with van der Waals surface area (Å²) in [5.41, 5.74) is 1.54. The molecule has 1 aromatic heterocycles. The molecule has 1 heterocycles. The summed E-state index contributed by atoms with van der Waals surface area (Å²) in [7, 11) is 0. The van der Waals surface area contributed by atoms with Gasteiger partial charge in [0.1, 0.15) is 11.6 Å². The number of carbonyl (C=O) groups excluding carboxylic acids is 1. The molecule has 0 aliphatic carbocycles. The van der Waals surface area contributed by atoms with E-state index in [-0.39, 0.29) is 5.57 Å². The van der Waals surface area contributed by atoms with E-state index in [2.05, 4.69) is 10.3 Å². The highest BCUT2D eigenvalue weighted by molar-refractivity contribution is 7.15.